The molecule has 0 aromatic heterocycles. The van der Waals surface area contributed by atoms with E-state index in [0.717, 1.165) is 11.8 Å². The van der Waals surface area contributed by atoms with Crippen LogP contribution in [-0.4, -0.2) is 11.1 Å². The predicted octanol–water partition coefficient (Wildman–Crippen LogP) is 3.09. The summed E-state index contributed by atoms with van der Waals surface area (Å²) in [4.78, 5) is 10.3. The first-order valence-corrected chi connectivity index (χ1v) is 5.37. The summed E-state index contributed by atoms with van der Waals surface area (Å²) >= 11 is 6.70. The third kappa shape index (κ3) is 2.42. The first-order chi connectivity index (χ1) is 5.75. The van der Waals surface area contributed by atoms with Gasteiger partial charge in [-0.2, -0.15) is 0 Å². The number of carbonyl (C=O) groups is 1. The summed E-state index contributed by atoms with van der Waals surface area (Å²) in [6.45, 7) is 0. The first kappa shape index (κ1) is 9.93. The van der Waals surface area contributed by atoms with Crippen molar-refractivity contribution in [3.8, 4) is 0 Å². The zero-order valence-electron chi connectivity index (χ0n) is 6.28. The second kappa shape index (κ2) is 4.77. The molecule has 0 aliphatic heterocycles. The summed E-state index contributed by atoms with van der Waals surface area (Å²) in [6.07, 6.45) is 0.881. The van der Waals surface area contributed by atoms with Crippen LogP contribution in [0.4, 0.5) is 0 Å². The highest BCUT2D eigenvalue weighted by molar-refractivity contribution is 9.12. The van der Waals surface area contributed by atoms with E-state index in [9.17, 15) is 4.79 Å². The molecule has 0 fully saturated rings. The van der Waals surface area contributed by atoms with Crippen LogP contribution in [0.2, 0.25) is 0 Å². The summed E-state index contributed by atoms with van der Waals surface area (Å²) in [7, 11) is 0. The number of carbonyl (C=O) groups excluding carboxylic acids is 1. The van der Waals surface area contributed by atoms with Crippen LogP contribution in [0.25, 0.3) is 0 Å². The molecule has 1 rings (SSSR count). The smallest absolute Gasteiger partial charge is 0.135 e. The number of rotatable bonds is 3. The van der Waals surface area contributed by atoms with Crippen molar-refractivity contribution in [3.63, 3.8) is 0 Å². The van der Waals surface area contributed by atoms with Crippen LogP contribution in [0.1, 0.15) is 10.4 Å². The van der Waals surface area contributed by atoms with E-state index in [-0.39, 0.29) is 9.65 Å². The van der Waals surface area contributed by atoms with Crippen molar-refractivity contribution >= 4 is 38.1 Å². The van der Waals surface area contributed by atoms with Crippen molar-refractivity contribution < 1.29 is 4.79 Å². The number of benzene rings is 1. The average molecular weight is 292 g/mol. The second-order valence-electron chi connectivity index (χ2n) is 2.39. The summed E-state index contributed by atoms with van der Waals surface area (Å²) in [5, 5.41) is 0. The number of halogens is 2. The largest absolute Gasteiger partial charge is 0.302 e. The van der Waals surface area contributed by atoms with Crippen LogP contribution in [0.15, 0.2) is 30.3 Å². The lowest BCUT2D eigenvalue weighted by atomic mass is 10.1. The molecule has 2 atom stereocenters. The summed E-state index contributed by atoms with van der Waals surface area (Å²) in [6, 6.07) is 9.82. The van der Waals surface area contributed by atoms with E-state index in [2.05, 4.69) is 31.9 Å². The summed E-state index contributed by atoms with van der Waals surface area (Å²) in [5.41, 5.74) is 1.10. The molecule has 1 aromatic carbocycles. The molecule has 0 N–H and O–H groups in total. The molecule has 12 heavy (non-hydrogen) atoms. The van der Waals surface area contributed by atoms with Crippen molar-refractivity contribution in [2.24, 2.45) is 0 Å². The second-order valence-corrected chi connectivity index (χ2v) is 4.44. The van der Waals surface area contributed by atoms with Crippen molar-refractivity contribution in [3.05, 3.63) is 35.9 Å². The Morgan fingerprint density at radius 2 is 1.75 bits per heavy atom. The van der Waals surface area contributed by atoms with Gasteiger partial charge >= 0.3 is 0 Å². The van der Waals surface area contributed by atoms with Gasteiger partial charge in [0.2, 0.25) is 0 Å². The summed E-state index contributed by atoms with van der Waals surface area (Å²) in [5.74, 6) is 0. The van der Waals surface area contributed by atoms with Gasteiger partial charge in [-0.05, 0) is 5.56 Å². The maximum absolute atomic E-state index is 10.4. The van der Waals surface area contributed by atoms with Gasteiger partial charge < -0.3 is 4.79 Å². The van der Waals surface area contributed by atoms with Crippen molar-refractivity contribution in [2.75, 3.05) is 0 Å². The lowest BCUT2D eigenvalue weighted by Crippen LogP contribution is -2.06. The van der Waals surface area contributed by atoms with Gasteiger partial charge in [0, 0.05) is 0 Å². The van der Waals surface area contributed by atoms with Crippen LogP contribution in [-0.2, 0) is 4.79 Å². The lowest BCUT2D eigenvalue weighted by molar-refractivity contribution is -0.107. The fraction of sp³-hybridized carbons (Fsp3) is 0.222. The molecule has 0 spiro atoms. The molecule has 1 nitrogen and oxygen atoms in total. The third-order valence-corrected chi connectivity index (χ3v) is 4.08. The molecule has 0 amide bonds. The SMILES string of the molecule is O=C[C@H](Br)[C@@H](Br)c1ccccc1. The highest BCUT2D eigenvalue weighted by atomic mass is 79.9. The molecule has 64 valence electrons. The number of aldehydes is 1. The molecule has 0 saturated heterocycles. The van der Waals surface area contributed by atoms with Gasteiger partial charge in [-0.15, -0.1) is 0 Å². The predicted molar refractivity (Wildman–Crippen MR) is 56.9 cm³/mol. The van der Waals surface area contributed by atoms with Crippen LogP contribution < -0.4 is 0 Å². The lowest BCUT2D eigenvalue weighted by Gasteiger charge is -2.10. The Morgan fingerprint density at radius 1 is 1.17 bits per heavy atom. The Kier molecular flexibility index (Phi) is 3.95. The number of hydrogen-bond donors (Lipinski definition) is 0. The Bertz CT molecular complexity index is 248. The van der Waals surface area contributed by atoms with Crippen molar-refractivity contribution in [1.29, 1.82) is 0 Å². The van der Waals surface area contributed by atoms with E-state index in [0.29, 0.717) is 0 Å². The van der Waals surface area contributed by atoms with Crippen LogP contribution in [0.5, 0.6) is 0 Å². The van der Waals surface area contributed by atoms with E-state index >= 15 is 0 Å². The standard InChI is InChI=1S/C9H8Br2O/c10-8(6-12)9(11)7-4-2-1-3-5-7/h1-6,8-9H/t8-,9-/m0/s1. The Morgan fingerprint density at radius 3 is 2.25 bits per heavy atom. The molecule has 0 saturated carbocycles. The molecule has 0 unspecified atom stereocenters. The third-order valence-electron chi connectivity index (χ3n) is 1.53. The molecule has 0 heterocycles. The van der Waals surface area contributed by atoms with E-state index in [1.165, 1.54) is 0 Å². The van der Waals surface area contributed by atoms with Gasteiger partial charge in [0.05, 0.1) is 9.65 Å². The highest BCUT2D eigenvalue weighted by Gasteiger charge is 2.15. The molecular formula is C9H8Br2O. The van der Waals surface area contributed by atoms with Gasteiger partial charge in [-0.1, -0.05) is 62.2 Å². The van der Waals surface area contributed by atoms with Gasteiger partial charge in [0.25, 0.3) is 0 Å². The van der Waals surface area contributed by atoms with Gasteiger partial charge in [0.1, 0.15) is 6.29 Å². The fourth-order valence-electron chi connectivity index (χ4n) is 0.890. The zero-order chi connectivity index (χ0) is 8.97. The summed E-state index contributed by atoms with van der Waals surface area (Å²) < 4.78 is 0. The minimum absolute atomic E-state index is 0.0520. The quantitative estimate of drug-likeness (QED) is 0.618. The maximum atomic E-state index is 10.4. The Hall–Kier alpha value is -0.150. The molecule has 0 aliphatic rings. The van der Waals surface area contributed by atoms with Crippen molar-refractivity contribution in [1.82, 2.24) is 0 Å². The zero-order valence-corrected chi connectivity index (χ0v) is 9.45. The number of hydrogen-bond acceptors (Lipinski definition) is 1. The molecule has 1 aromatic rings. The molecule has 3 heteroatoms. The van der Waals surface area contributed by atoms with Crippen LogP contribution in [0, 0.1) is 0 Å². The Balaban J connectivity index is 2.78. The van der Waals surface area contributed by atoms with Gasteiger partial charge in [0.15, 0.2) is 0 Å². The van der Waals surface area contributed by atoms with E-state index in [4.69, 9.17) is 0 Å². The van der Waals surface area contributed by atoms with Crippen molar-refractivity contribution in [2.45, 2.75) is 9.65 Å². The van der Waals surface area contributed by atoms with Gasteiger partial charge in [-0.25, -0.2) is 0 Å². The van der Waals surface area contributed by atoms with Gasteiger partial charge in [-0.3, -0.25) is 0 Å². The van der Waals surface area contributed by atoms with E-state index in [1.54, 1.807) is 0 Å². The molecule has 0 bridgehead atoms. The monoisotopic (exact) mass is 290 g/mol. The maximum Gasteiger partial charge on any atom is 0.135 e. The van der Waals surface area contributed by atoms with Crippen LogP contribution >= 0.6 is 31.9 Å². The Labute approximate surface area is 88.4 Å². The van der Waals surface area contributed by atoms with Crippen LogP contribution in [0.3, 0.4) is 0 Å². The molecule has 0 aliphatic carbocycles. The fourth-order valence-corrected chi connectivity index (χ4v) is 1.62. The van der Waals surface area contributed by atoms with E-state index in [1.807, 2.05) is 30.3 Å². The molecular weight excluding hydrogens is 284 g/mol. The average Bonchev–Trinajstić information content (AvgIpc) is 2.17. The minimum Gasteiger partial charge on any atom is -0.302 e. The minimum atomic E-state index is -0.167. The molecule has 0 radical (unpaired) electrons. The van der Waals surface area contributed by atoms with E-state index < -0.39 is 0 Å². The highest BCUT2D eigenvalue weighted by Crippen LogP contribution is 2.29. The first-order valence-electron chi connectivity index (χ1n) is 3.54. The topological polar surface area (TPSA) is 17.1 Å². The normalized spacial score (nSPS) is 15.2. The number of alkyl halides is 2.